The van der Waals surface area contributed by atoms with Gasteiger partial charge in [0.15, 0.2) is 0 Å². The number of alkyl halides is 1. The number of nitrogens with one attached hydrogen (secondary N) is 1. The fourth-order valence-corrected chi connectivity index (χ4v) is 4.73. The molecule has 0 aromatic rings. The van der Waals surface area contributed by atoms with Crippen LogP contribution in [0.2, 0.25) is 0 Å². The Kier molecular flexibility index (Phi) is 5.00. The van der Waals surface area contributed by atoms with Crippen LogP contribution in [0.25, 0.3) is 0 Å². The van der Waals surface area contributed by atoms with Gasteiger partial charge in [0.25, 0.3) is 5.91 Å². The zero-order chi connectivity index (χ0) is 16.4. The molecular formula is C19H27BrN2O. The van der Waals surface area contributed by atoms with Crippen molar-refractivity contribution in [2.24, 2.45) is 5.92 Å². The molecule has 2 aliphatic carbocycles. The number of hydrogen-bond donors (Lipinski definition) is 1. The van der Waals surface area contributed by atoms with Crippen molar-refractivity contribution in [2.75, 3.05) is 13.6 Å². The molecule has 1 saturated carbocycles. The number of rotatable bonds is 3. The summed E-state index contributed by atoms with van der Waals surface area (Å²) in [6.07, 6.45) is 16.1. The van der Waals surface area contributed by atoms with E-state index in [-0.39, 0.29) is 16.3 Å². The highest BCUT2D eigenvalue weighted by Crippen LogP contribution is 2.43. The number of fused-ring (bicyclic) bond motifs is 1. The lowest BCUT2D eigenvalue weighted by molar-refractivity contribution is -0.117. The van der Waals surface area contributed by atoms with E-state index in [1.807, 2.05) is 19.3 Å². The molecule has 1 heterocycles. The molecule has 0 spiro atoms. The summed E-state index contributed by atoms with van der Waals surface area (Å²) >= 11 is 3.74. The van der Waals surface area contributed by atoms with Crippen LogP contribution in [0.4, 0.5) is 0 Å². The predicted molar refractivity (Wildman–Crippen MR) is 98.4 cm³/mol. The lowest BCUT2D eigenvalue weighted by Gasteiger charge is -2.39. The van der Waals surface area contributed by atoms with Gasteiger partial charge in [0, 0.05) is 19.8 Å². The van der Waals surface area contributed by atoms with Gasteiger partial charge in [-0.05, 0) is 31.3 Å². The third-order valence-electron chi connectivity index (χ3n) is 5.74. The Morgan fingerprint density at radius 3 is 2.74 bits per heavy atom. The van der Waals surface area contributed by atoms with Crippen LogP contribution in [-0.4, -0.2) is 34.8 Å². The standard InChI is InChI=1S/C19H27BrN2O/c1-19-16(10-7-11-17(19)20)15(13-22(19)2)18(23)21-12-14-8-5-3-4-6-9-14/h7,10-11,13-14,17H,3-6,8-9,12H2,1-2H3,(H,21,23). The minimum absolute atomic E-state index is 0.0751. The van der Waals surface area contributed by atoms with Crippen molar-refractivity contribution in [1.82, 2.24) is 10.2 Å². The first-order valence-electron chi connectivity index (χ1n) is 8.80. The molecule has 0 aromatic carbocycles. The van der Waals surface area contributed by atoms with E-state index in [1.165, 1.54) is 38.5 Å². The van der Waals surface area contributed by atoms with Crippen LogP contribution in [0, 0.1) is 5.92 Å². The molecule has 3 rings (SSSR count). The number of halogens is 1. The van der Waals surface area contributed by atoms with Gasteiger partial charge in [-0.15, -0.1) is 0 Å². The third kappa shape index (κ3) is 3.15. The van der Waals surface area contributed by atoms with E-state index >= 15 is 0 Å². The molecular weight excluding hydrogens is 352 g/mol. The Morgan fingerprint density at radius 1 is 1.35 bits per heavy atom. The lowest BCUT2D eigenvalue weighted by Crippen LogP contribution is -2.47. The summed E-state index contributed by atoms with van der Waals surface area (Å²) < 4.78 is 0. The molecule has 0 aromatic heterocycles. The minimum atomic E-state index is -0.177. The lowest BCUT2D eigenvalue weighted by atomic mass is 9.82. The summed E-state index contributed by atoms with van der Waals surface area (Å²) in [6.45, 7) is 3.00. The molecule has 1 fully saturated rings. The van der Waals surface area contributed by atoms with Crippen molar-refractivity contribution in [1.29, 1.82) is 0 Å². The number of carbonyl (C=O) groups is 1. The Morgan fingerprint density at radius 2 is 2.04 bits per heavy atom. The average molecular weight is 379 g/mol. The molecule has 3 aliphatic rings. The van der Waals surface area contributed by atoms with Crippen LogP contribution < -0.4 is 5.32 Å². The molecule has 23 heavy (non-hydrogen) atoms. The first-order valence-corrected chi connectivity index (χ1v) is 9.71. The highest BCUT2D eigenvalue weighted by atomic mass is 79.9. The van der Waals surface area contributed by atoms with Crippen LogP contribution in [0.15, 0.2) is 35.6 Å². The van der Waals surface area contributed by atoms with Crippen molar-refractivity contribution >= 4 is 21.8 Å². The maximum atomic E-state index is 12.7. The average Bonchev–Trinajstić information content (AvgIpc) is 2.72. The number of nitrogens with zero attached hydrogens (tertiary/aromatic N) is 1. The van der Waals surface area contributed by atoms with E-state index < -0.39 is 0 Å². The van der Waals surface area contributed by atoms with Crippen LogP contribution >= 0.6 is 15.9 Å². The van der Waals surface area contributed by atoms with E-state index in [0.29, 0.717) is 5.92 Å². The van der Waals surface area contributed by atoms with E-state index in [9.17, 15) is 4.79 Å². The van der Waals surface area contributed by atoms with Crippen LogP contribution in [0.5, 0.6) is 0 Å². The van der Waals surface area contributed by atoms with Crippen molar-refractivity contribution < 1.29 is 4.79 Å². The molecule has 4 heteroatoms. The van der Waals surface area contributed by atoms with E-state index in [2.05, 4.69) is 45.2 Å². The predicted octanol–water partition coefficient (Wildman–Crippen LogP) is 3.92. The summed E-state index contributed by atoms with van der Waals surface area (Å²) in [5.74, 6) is 0.725. The summed E-state index contributed by atoms with van der Waals surface area (Å²) in [6, 6.07) is 0. The van der Waals surface area contributed by atoms with Gasteiger partial charge in [0.05, 0.1) is 15.9 Å². The zero-order valence-corrected chi connectivity index (χ0v) is 15.7. The fraction of sp³-hybridized carbons (Fsp3) is 0.632. The Hall–Kier alpha value is -1.03. The van der Waals surface area contributed by atoms with Gasteiger partial charge >= 0.3 is 0 Å². The van der Waals surface area contributed by atoms with Crippen molar-refractivity contribution in [3.8, 4) is 0 Å². The molecule has 0 radical (unpaired) electrons. The largest absolute Gasteiger partial charge is 0.369 e. The summed E-state index contributed by atoms with van der Waals surface area (Å²) in [5.41, 5.74) is 1.75. The minimum Gasteiger partial charge on any atom is -0.369 e. The monoisotopic (exact) mass is 378 g/mol. The number of hydrogen-bond acceptors (Lipinski definition) is 2. The highest BCUT2D eigenvalue weighted by molar-refractivity contribution is 9.09. The van der Waals surface area contributed by atoms with Gasteiger partial charge in [-0.2, -0.15) is 0 Å². The highest BCUT2D eigenvalue weighted by Gasteiger charge is 2.46. The number of likely N-dealkylation sites (N-methyl/N-ethyl adjacent to an activating group) is 1. The van der Waals surface area contributed by atoms with Crippen LogP contribution in [-0.2, 0) is 4.79 Å². The maximum absolute atomic E-state index is 12.7. The summed E-state index contributed by atoms with van der Waals surface area (Å²) in [5, 5.41) is 3.19. The molecule has 0 bridgehead atoms. The van der Waals surface area contributed by atoms with Crippen molar-refractivity contribution in [3.05, 3.63) is 35.6 Å². The molecule has 1 amide bonds. The zero-order valence-electron chi connectivity index (χ0n) is 14.1. The summed E-state index contributed by atoms with van der Waals surface area (Å²) in [4.78, 5) is 15.1. The first kappa shape index (κ1) is 16.8. The molecule has 126 valence electrons. The number of allylic oxidation sites excluding steroid dienone is 2. The van der Waals surface area contributed by atoms with E-state index in [0.717, 1.165) is 17.7 Å². The van der Waals surface area contributed by atoms with Crippen molar-refractivity contribution in [2.45, 2.75) is 55.8 Å². The normalized spacial score (nSPS) is 31.3. The number of carbonyl (C=O) groups excluding carboxylic acids is 1. The quantitative estimate of drug-likeness (QED) is 0.596. The third-order valence-corrected chi connectivity index (χ3v) is 6.94. The maximum Gasteiger partial charge on any atom is 0.253 e. The van der Waals surface area contributed by atoms with E-state index in [4.69, 9.17) is 0 Å². The van der Waals surface area contributed by atoms with Gasteiger partial charge in [-0.3, -0.25) is 4.79 Å². The van der Waals surface area contributed by atoms with Crippen LogP contribution in [0.1, 0.15) is 45.4 Å². The Labute approximate surface area is 148 Å². The topological polar surface area (TPSA) is 32.3 Å². The van der Waals surface area contributed by atoms with E-state index in [1.54, 1.807) is 0 Å². The molecule has 2 atom stereocenters. The molecule has 1 aliphatic heterocycles. The molecule has 0 saturated heterocycles. The second kappa shape index (κ2) is 6.84. The Bertz CT molecular complexity index is 558. The van der Waals surface area contributed by atoms with Gasteiger partial charge in [-0.1, -0.05) is 59.8 Å². The smallest absolute Gasteiger partial charge is 0.253 e. The van der Waals surface area contributed by atoms with Crippen LogP contribution in [0.3, 0.4) is 0 Å². The summed E-state index contributed by atoms with van der Waals surface area (Å²) in [7, 11) is 2.05. The van der Waals surface area contributed by atoms with Gasteiger partial charge in [0.1, 0.15) is 0 Å². The Balaban J connectivity index is 1.67. The molecule has 3 nitrogen and oxygen atoms in total. The van der Waals surface area contributed by atoms with Gasteiger partial charge in [0.2, 0.25) is 0 Å². The second-order valence-corrected chi connectivity index (χ2v) is 8.22. The second-order valence-electron chi connectivity index (χ2n) is 7.24. The van der Waals surface area contributed by atoms with Gasteiger partial charge in [-0.25, -0.2) is 0 Å². The van der Waals surface area contributed by atoms with Gasteiger partial charge < -0.3 is 10.2 Å². The SMILES string of the molecule is CN1C=C(C(=O)NCC2CCCCCC2)C2=CC=CC(Br)C21C. The molecule has 2 unspecified atom stereocenters. The molecule has 1 N–H and O–H groups in total. The number of amides is 1. The first-order chi connectivity index (χ1) is 11.0. The van der Waals surface area contributed by atoms with Crippen molar-refractivity contribution in [3.63, 3.8) is 0 Å². The fourth-order valence-electron chi connectivity index (χ4n) is 3.98.